The first-order valence-corrected chi connectivity index (χ1v) is 12.2. The van der Waals surface area contributed by atoms with Crippen molar-refractivity contribution in [3.63, 3.8) is 0 Å². The number of nitrogens with one attached hydrogen (secondary N) is 1. The number of ether oxygens (including phenoxy) is 1. The van der Waals surface area contributed by atoms with Crippen LogP contribution in [0.2, 0.25) is 0 Å². The molecule has 0 atom stereocenters. The van der Waals surface area contributed by atoms with E-state index in [-0.39, 0.29) is 14.1 Å². The molecule has 2 aromatic heterocycles. The largest absolute Gasteiger partial charge is 0.473 e. The number of hydrogen-bond donors (Lipinski definition) is 1. The van der Waals surface area contributed by atoms with Crippen LogP contribution in [-0.4, -0.2) is 63.3 Å². The second kappa shape index (κ2) is 8.58. The minimum absolute atomic E-state index is 0. The Hall–Kier alpha value is -3.13. The molecular formula is C26H31FN6O. The fourth-order valence-electron chi connectivity index (χ4n) is 4.93. The minimum Gasteiger partial charge on any atom is -0.473 e. The van der Waals surface area contributed by atoms with Crippen molar-refractivity contribution in [3.05, 3.63) is 53.5 Å². The molecule has 0 spiro atoms. The molecule has 0 unspecified atom stereocenters. The molecule has 34 heavy (non-hydrogen) atoms. The van der Waals surface area contributed by atoms with E-state index in [2.05, 4.69) is 50.4 Å². The first kappa shape index (κ1) is 21.4. The molecular weight excluding hydrogens is 431 g/mol. The number of rotatable bonds is 6. The van der Waals surface area contributed by atoms with Crippen LogP contribution in [0.5, 0.6) is 5.88 Å². The van der Waals surface area contributed by atoms with Gasteiger partial charge in [0.25, 0.3) is 0 Å². The van der Waals surface area contributed by atoms with Crippen LogP contribution >= 0.6 is 0 Å². The van der Waals surface area contributed by atoms with Crippen LogP contribution in [0.15, 0.2) is 36.7 Å². The highest BCUT2D eigenvalue weighted by Gasteiger charge is 2.36. The van der Waals surface area contributed by atoms with E-state index in [1.807, 2.05) is 12.3 Å². The maximum Gasteiger partial charge on any atom is 0.233 e. The quantitative estimate of drug-likeness (QED) is 0.581. The summed E-state index contributed by atoms with van der Waals surface area (Å²) in [5, 5.41) is 3.08. The maximum absolute atomic E-state index is 14.3. The molecule has 2 fully saturated rings. The van der Waals surface area contributed by atoms with Gasteiger partial charge in [-0.25, -0.2) is 24.3 Å². The van der Waals surface area contributed by atoms with Gasteiger partial charge < -0.3 is 15.0 Å². The number of alkyl halides is 1. The zero-order chi connectivity index (χ0) is 23.1. The highest BCUT2D eigenvalue weighted by molar-refractivity contribution is 5.88. The molecule has 3 heterocycles. The third-order valence-corrected chi connectivity index (χ3v) is 7.25. The summed E-state index contributed by atoms with van der Waals surface area (Å²) >= 11 is 0. The molecule has 1 saturated heterocycles. The van der Waals surface area contributed by atoms with Crippen LogP contribution in [0.3, 0.4) is 0 Å². The third-order valence-electron chi connectivity index (χ3n) is 7.25. The molecule has 6 rings (SSSR count). The zero-order valence-corrected chi connectivity index (χ0v) is 19.4. The fourth-order valence-corrected chi connectivity index (χ4v) is 4.93. The van der Waals surface area contributed by atoms with E-state index < -0.39 is 5.67 Å². The van der Waals surface area contributed by atoms with E-state index in [9.17, 15) is 4.39 Å². The van der Waals surface area contributed by atoms with Gasteiger partial charge in [0.05, 0.1) is 29.5 Å². The predicted molar refractivity (Wildman–Crippen MR) is 132 cm³/mol. The summed E-state index contributed by atoms with van der Waals surface area (Å²) in [6, 6.07) is 6.11. The number of halogens is 1. The van der Waals surface area contributed by atoms with E-state index in [4.69, 9.17) is 9.72 Å². The van der Waals surface area contributed by atoms with Gasteiger partial charge >= 0.3 is 0 Å². The smallest absolute Gasteiger partial charge is 0.233 e. The van der Waals surface area contributed by atoms with E-state index in [0.29, 0.717) is 24.7 Å². The summed E-state index contributed by atoms with van der Waals surface area (Å²) in [5.74, 6) is 1.08. The molecule has 1 N–H and O–H groups in total. The molecule has 0 amide bonds. The molecule has 8 heteroatoms. The Balaban J connectivity index is 0.00000253. The average molecular weight is 463 g/mol. The Kier molecular flexibility index (Phi) is 5.40. The molecule has 0 radical (unpaired) electrons. The molecule has 1 aliphatic heterocycles. The van der Waals surface area contributed by atoms with Gasteiger partial charge in [-0.2, -0.15) is 0 Å². The lowest BCUT2D eigenvalue weighted by Gasteiger charge is -2.33. The van der Waals surface area contributed by atoms with E-state index >= 15 is 0 Å². The highest BCUT2D eigenvalue weighted by Crippen LogP contribution is 2.36. The normalized spacial score (nSPS) is 20.0. The van der Waals surface area contributed by atoms with Crippen molar-refractivity contribution >= 4 is 22.6 Å². The predicted octanol–water partition coefficient (Wildman–Crippen LogP) is 4.43. The van der Waals surface area contributed by atoms with Crippen molar-refractivity contribution in [2.45, 2.75) is 50.3 Å². The molecule has 1 saturated carbocycles. The van der Waals surface area contributed by atoms with Gasteiger partial charge in [-0.3, -0.25) is 0 Å². The summed E-state index contributed by atoms with van der Waals surface area (Å²) in [5.41, 5.74) is 4.66. The Morgan fingerprint density at radius 1 is 1.15 bits per heavy atom. The minimum atomic E-state index is -1.10. The number of piperidine rings is 1. The number of allylic oxidation sites excluding steroid dienone is 1. The van der Waals surface area contributed by atoms with Crippen LogP contribution in [-0.2, 0) is 6.42 Å². The molecule has 1 aromatic carbocycles. The first-order chi connectivity index (χ1) is 16.5. The van der Waals surface area contributed by atoms with E-state index in [1.165, 1.54) is 0 Å². The molecule has 0 bridgehead atoms. The van der Waals surface area contributed by atoms with Crippen molar-refractivity contribution in [1.29, 1.82) is 0 Å². The zero-order valence-electron chi connectivity index (χ0n) is 19.4. The van der Waals surface area contributed by atoms with Gasteiger partial charge in [0, 0.05) is 32.7 Å². The molecule has 3 aromatic rings. The number of aromatic nitrogens is 4. The average Bonchev–Trinajstić information content (AvgIpc) is 3.26. The van der Waals surface area contributed by atoms with Crippen LogP contribution in [0.4, 0.5) is 10.3 Å². The lowest BCUT2D eigenvalue weighted by molar-refractivity contribution is 0.0782. The van der Waals surface area contributed by atoms with Crippen molar-refractivity contribution < 1.29 is 10.6 Å². The number of anilines is 1. The second-order valence-electron chi connectivity index (χ2n) is 9.77. The number of benzene rings is 1. The lowest BCUT2D eigenvalue weighted by Crippen LogP contribution is -2.39. The maximum atomic E-state index is 14.3. The van der Waals surface area contributed by atoms with Crippen molar-refractivity contribution in [2.24, 2.45) is 0 Å². The van der Waals surface area contributed by atoms with Crippen LogP contribution in [0, 0.1) is 0 Å². The van der Waals surface area contributed by atoms with Crippen molar-refractivity contribution in [3.8, 4) is 5.88 Å². The summed E-state index contributed by atoms with van der Waals surface area (Å²) in [6.45, 7) is 2.35. The second-order valence-corrected chi connectivity index (χ2v) is 9.77. The van der Waals surface area contributed by atoms with Crippen LogP contribution in [0.25, 0.3) is 16.6 Å². The third kappa shape index (κ3) is 4.22. The number of nitrogens with zero attached hydrogens (tertiary/aromatic N) is 5. The Bertz CT molecular complexity index is 1260. The number of hydrogen-bond acceptors (Lipinski definition) is 7. The summed E-state index contributed by atoms with van der Waals surface area (Å²) in [4.78, 5) is 20.7. The molecule has 2 aliphatic carbocycles. The van der Waals surface area contributed by atoms with Gasteiger partial charge in [0.15, 0.2) is 0 Å². The van der Waals surface area contributed by atoms with E-state index in [0.717, 1.165) is 72.2 Å². The van der Waals surface area contributed by atoms with Crippen molar-refractivity contribution in [1.82, 2.24) is 24.8 Å². The Morgan fingerprint density at radius 3 is 2.79 bits per heavy atom. The monoisotopic (exact) mass is 462 g/mol. The molecule has 7 nitrogen and oxygen atoms in total. The van der Waals surface area contributed by atoms with Crippen LogP contribution in [0.1, 0.15) is 50.4 Å². The van der Waals surface area contributed by atoms with E-state index in [1.54, 1.807) is 6.20 Å². The summed E-state index contributed by atoms with van der Waals surface area (Å²) < 4.78 is 20.4. The van der Waals surface area contributed by atoms with Gasteiger partial charge in [0.2, 0.25) is 11.8 Å². The number of likely N-dealkylation sites (tertiary alicyclic amines) is 1. The Morgan fingerprint density at radius 2 is 2.00 bits per heavy atom. The number of fused-ring (bicyclic) bond motifs is 2. The van der Waals surface area contributed by atoms with Crippen LogP contribution < -0.4 is 10.1 Å². The molecule has 3 aliphatic rings. The van der Waals surface area contributed by atoms with Gasteiger partial charge in [-0.05, 0) is 62.4 Å². The van der Waals surface area contributed by atoms with Gasteiger partial charge in [-0.1, -0.05) is 12.1 Å². The first-order valence-electron chi connectivity index (χ1n) is 12.2. The fraction of sp³-hybridized carbons (Fsp3) is 0.462. The molecule has 178 valence electrons. The lowest BCUT2D eigenvalue weighted by atomic mass is 9.82. The summed E-state index contributed by atoms with van der Waals surface area (Å²) in [6.07, 6.45) is 10.8. The van der Waals surface area contributed by atoms with Gasteiger partial charge in [0.1, 0.15) is 11.8 Å². The topological polar surface area (TPSA) is 76.1 Å². The highest BCUT2D eigenvalue weighted by atomic mass is 19.1. The standard InChI is InChI=1S/C26H29FN6O.H2/c1-33-11-7-18(8-12-33)34-24-15-28-22-5-3-17(13-23(22)31-24)19-4-6-21-20(19)14-29-25(32-21)30-16-26(27)9-2-10-26;/h3-5,13-15,18H,2,6-12,16H2,1H3,(H,29,30,32);1H. The van der Waals surface area contributed by atoms with Gasteiger partial charge in [-0.15, -0.1) is 0 Å². The Labute approximate surface area is 200 Å². The summed E-state index contributed by atoms with van der Waals surface area (Å²) in [7, 11) is 2.14. The SMILES string of the molecule is CN1CCC(Oc2cnc3ccc(C4=CCc5nc(NCC6(F)CCC6)ncc54)cc3n2)CC1.[HH]. The van der Waals surface area contributed by atoms with Crippen molar-refractivity contribution in [2.75, 3.05) is 32.0 Å².